The largest absolute Gasteiger partial charge is 0.508 e. The van der Waals surface area contributed by atoms with Gasteiger partial charge in [0.2, 0.25) is 0 Å². The van der Waals surface area contributed by atoms with Crippen LogP contribution < -0.4 is 0 Å². The Bertz CT molecular complexity index is 590. The van der Waals surface area contributed by atoms with Crippen molar-refractivity contribution in [2.24, 2.45) is 0 Å². The van der Waals surface area contributed by atoms with Crippen LogP contribution in [0.5, 0.6) is 17.2 Å². The number of rotatable bonds is 4. The maximum atomic E-state index is 9.91. The van der Waals surface area contributed by atoms with Crippen molar-refractivity contribution in [1.29, 1.82) is 0 Å². The summed E-state index contributed by atoms with van der Waals surface area (Å²) < 4.78 is 0. The molecule has 0 spiro atoms. The molecule has 0 amide bonds. The zero-order valence-electron chi connectivity index (χ0n) is 11.4. The fourth-order valence-corrected chi connectivity index (χ4v) is 2.04. The number of hydrogen-bond acceptors (Lipinski definition) is 3. The smallest absolute Gasteiger partial charge is 0.123 e. The fourth-order valence-electron chi connectivity index (χ4n) is 2.04. The molecular weight excluding hydrogens is 252 g/mol. The van der Waals surface area contributed by atoms with E-state index in [-0.39, 0.29) is 17.2 Å². The summed E-state index contributed by atoms with van der Waals surface area (Å²) in [5.41, 5.74) is 2.25. The van der Waals surface area contributed by atoms with Gasteiger partial charge in [-0.1, -0.05) is 37.6 Å². The van der Waals surface area contributed by atoms with Crippen molar-refractivity contribution in [3.8, 4) is 17.2 Å². The van der Waals surface area contributed by atoms with Gasteiger partial charge in [-0.3, -0.25) is 0 Å². The lowest BCUT2D eigenvalue weighted by atomic mass is 10.0. The summed E-state index contributed by atoms with van der Waals surface area (Å²) in [6.45, 7) is 2.00. The fraction of sp³-hybridized carbons (Fsp3) is 0.176. The van der Waals surface area contributed by atoms with E-state index in [9.17, 15) is 15.3 Å². The predicted octanol–water partition coefficient (Wildman–Crippen LogP) is 3.93. The van der Waals surface area contributed by atoms with E-state index < -0.39 is 0 Å². The van der Waals surface area contributed by atoms with E-state index in [4.69, 9.17) is 0 Å². The SMILES string of the molecule is CCCc1c(O)cc(/C=C\c2ccc(O)cc2)cc1O. The molecule has 0 aliphatic rings. The molecule has 3 heteroatoms. The third-order valence-corrected chi connectivity index (χ3v) is 3.09. The van der Waals surface area contributed by atoms with Gasteiger partial charge in [0.1, 0.15) is 17.2 Å². The minimum Gasteiger partial charge on any atom is -0.508 e. The molecule has 0 saturated carbocycles. The van der Waals surface area contributed by atoms with Crippen molar-refractivity contribution >= 4 is 12.2 Å². The van der Waals surface area contributed by atoms with Gasteiger partial charge in [0, 0.05) is 5.56 Å². The van der Waals surface area contributed by atoms with Gasteiger partial charge in [-0.2, -0.15) is 0 Å². The number of aromatic hydroxyl groups is 3. The van der Waals surface area contributed by atoms with E-state index in [1.54, 1.807) is 36.4 Å². The van der Waals surface area contributed by atoms with Crippen molar-refractivity contribution in [1.82, 2.24) is 0 Å². The van der Waals surface area contributed by atoms with Gasteiger partial charge in [0.25, 0.3) is 0 Å². The molecule has 3 nitrogen and oxygen atoms in total. The third-order valence-electron chi connectivity index (χ3n) is 3.09. The third kappa shape index (κ3) is 3.32. The standard InChI is InChI=1S/C17H18O3/c1-2-3-15-16(19)10-13(11-17(15)20)5-4-12-6-8-14(18)9-7-12/h4-11,18-20H,2-3H2,1H3/b5-4-. The van der Waals surface area contributed by atoms with Crippen LogP contribution >= 0.6 is 0 Å². The molecule has 0 unspecified atom stereocenters. The first kappa shape index (κ1) is 14.0. The lowest BCUT2D eigenvalue weighted by Gasteiger charge is -2.07. The number of hydrogen-bond donors (Lipinski definition) is 3. The van der Waals surface area contributed by atoms with Crippen LogP contribution in [0.15, 0.2) is 36.4 Å². The Morgan fingerprint density at radius 1 is 0.850 bits per heavy atom. The second-order valence-corrected chi connectivity index (χ2v) is 4.71. The van der Waals surface area contributed by atoms with Crippen LogP contribution in [0.1, 0.15) is 30.0 Å². The minimum atomic E-state index is 0.122. The molecule has 3 N–H and O–H groups in total. The first-order valence-electron chi connectivity index (χ1n) is 6.62. The summed E-state index contributed by atoms with van der Waals surface area (Å²) in [6, 6.07) is 10.1. The van der Waals surface area contributed by atoms with Crippen LogP contribution in [-0.2, 0) is 6.42 Å². The first-order chi connectivity index (χ1) is 9.60. The van der Waals surface area contributed by atoms with Crippen LogP contribution in [0, 0.1) is 0 Å². The monoisotopic (exact) mass is 270 g/mol. The summed E-state index contributed by atoms with van der Waals surface area (Å²) in [4.78, 5) is 0. The van der Waals surface area contributed by atoms with Gasteiger partial charge in [-0.05, 0) is 41.8 Å². The second-order valence-electron chi connectivity index (χ2n) is 4.71. The van der Waals surface area contributed by atoms with Crippen molar-refractivity contribution in [2.45, 2.75) is 19.8 Å². The summed E-state index contributed by atoms with van der Waals surface area (Å²) >= 11 is 0. The molecule has 0 bridgehead atoms. The maximum absolute atomic E-state index is 9.91. The highest BCUT2D eigenvalue weighted by Crippen LogP contribution is 2.30. The Balaban J connectivity index is 2.23. The van der Waals surface area contributed by atoms with E-state index in [0.29, 0.717) is 12.0 Å². The number of benzene rings is 2. The molecule has 0 fully saturated rings. The molecule has 0 aliphatic heterocycles. The Morgan fingerprint density at radius 3 is 1.95 bits per heavy atom. The zero-order chi connectivity index (χ0) is 14.5. The van der Waals surface area contributed by atoms with E-state index in [1.807, 2.05) is 19.1 Å². The van der Waals surface area contributed by atoms with E-state index in [0.717, 1.165) is 17.5 Å². The molecule has 104 valence electrons. The lowest BCUT2D eigenvalue weighted by Crippen LogP contribution is -1.87. The molecule has 0 aromatic heterocycles. The van der Waals surface area contributed by atoms with Gasteiger partial charge in [-0.25, -0.2) is 0 Å². The Hall–Kier alpha value is -2.42. The average Bonchev–Trinajstić information content (AvgIpc) is 2.42. The maximum Gasteiger partial charge on any atom is 0.123 e. The minimum absolute atomic E-state index is 0.122. The molecule has 0 heterocycles. The topological polar surface area (TPSA) is 60.7 Å². The molecule has 0 atom stereocenters. The number of phenolic OH excluding ortho intramolecular Hbond substituents is 3. The molecule has 0 aliphatic carbocycles. The van der Waals surface area contributed by atoms with Gasteiger partial charge in [-0.15, -0.1) is 0 Å². The highest BCUT2D eigenvalue weighted by atomic mass is 16.3. The second kappa shape index (κ2) is 6.15. The normalized spacial score (nSPS) is 11.1. The summed E-state index contributed by atoms with van der Waals surface area (Å²) in [5.74, 6) is 0.468. The molecule has 0 saturated heterocycles. The molecule has 20 heavy (non-hydrogen) atoms. The van der Waals surface area contributed by atoms with Gasteiger partial charge >= 0.3 is 0 Å². The van der Waals surface area contributed by atoms with Gasteiger partial charge < -0.3 is 15.3 Å². The molecule has 0 radical (unpaired) electrons. The van der Waals surface area contributed by atoms with Crippen molar-refractivity contribution < 1.29 is 15.3 Å². The predicted molar refractivity (Wildman–Crippen MR) is 80.8 cm³/mol. The molecular formula is C17H18O3. The van der Waals surface area contributed by atoms with Crippen LogP contribution in [0.4, 0.5) is 0 Å². The Labute approximate surface area is 118 Å². The van der Waals surface area contributed by atoms with E-state index in [1.165, 1.54) is 0 Å². The Kier molecular flexibility index (Phi) is 4.31. The Morgan fingerprint density at radius 2 is 1.40 bits per heavy atom. The average molecular weight is 270 g/mol. The van der Waals surface area contributed by atoms with Crippen molar-refractivity contribution in [2.75, 3.05) is 0 Å². The van der Waals surface area contributed by atoms with Crippen LogP contribution in [0.25, 0.3) is 12.2 Å². The van der Waals surface area contributed by atoms with E-state index >= 15 is 0 Å². The molecule has 2 aromatic carbocycles. The molecule has 2 rings (SSSR count). The van der Waals surface area contributed by atoms with Crippen LogP contribution in [0.2, 0.25) is 0 Å². The highest BCUT2D eigenvalue weighted by Gasteiger charge is 2.07. The molecule has 2 aromatic rings. The lowest BCUT2D eigenvalue weighted by molar-refractivity contribution is 0.437. The zero-order valence-corrected chi connectivity index (χ0v) is 11.4. The van der Waals surface area contributed by atoms with Crippen molar-refractivity contribution in [3.63, 3.8) is 0 Å². The van der Waals surface area contributed by atoms with Crippen molar-refractivity contribution in [3.05, 3.63) is 53.1 Å². The number of phenols is 3. The van der Waals surface area contributed by atoms with E-state index in [2.05, 4.69) is 0 Å². The summed E-state index contributed by atoms with van der Waals surface area (Å²) in [6.07, 6.45) is 5.18. The van der Waals surface area contributed by atoms with Gasteiger partial charge in [0.15, 0.2) is 0 Å². The summed E-state index contributed by atoms with van der Waals surface area (Å²) in [7, 11) is 0. The van der Waals surface area contributed by atoms with Crippen LogP contribution in [-0.4, -0.2) is 15.3 Å². The summed E-state index contributed by atoms with van der Waals surface area (Å²) in [5, 5.41) is 29.0. The van der Waals surface area contributed by atoms with Gasteiger partial charge in [0.05, 0.1) is 0 Å². The highest BCUT2D eigenvalue weighted by molar-refractivity contribution is 5.71. The quantitative estimate of drug-likeness (QED) is 0.738. The van der Waals surface area contributed by atoms with Crippen LogP contribution in [0.3, 0.4) is 0 Å². The first-order valence-corrected chi connectivity index (χ1v) is 6.62.